The lowest BCUT2D eigenvalue weighted by Crippen LogP contribution is -2.38. The Labute approximate surface area is 124 Å². The zero-order valence-electron chi connectivity index (χ0n) is 12.1. The first kappa shape index (κ1) is 15.3. The van der Waals surface area contributed by atoms with Crippen LogP contribution in [0.15, 0.2) is 35.9 Å². The minimum Gasteiger partial charge on any atom is -0.478 e. The summed E-state index contributed by atoms with van der Waals surface area (Å²) < 4.78 is 0. The molecule has 2 rings (SSSR count). The van der Waals surface area contributed by atoms with E-state index in [2.05, 4.69) is 5.32 Å². The van der Waals surface area contributed by atoms with Crippen molar-refractivity contribution in [1.82, 2.24) is 4.90 Å². The van der Waals surface area contributed by atoms with Crippen LogP contribution in [0.2, 0.25) is 0 Å². The van der Waals surface area contributed by atoms with Crippen LogP contribution in [0.4, 0.5) is 5.69 Å². The number of aliphatic carboxylic acids is 1. The van der Waals surface area contributed by atoms with Crippen LogP contribution in [-0.2, 0) is 16.0 Å². The van der Waals surface area contributed by atoms with Crippen molar-refractivity contribution in [1.29, 1.82) is 0 Å². The van der Waals surface area contributed by atoms with E-state index in [1.165, 1.54) is 0 Å². The second kappa shape index (κ2) is 7.04. The molecule has 5 heteroatoms. The summed E-state index contributed by atoms with van der Waals surface area (Å²) in [6.45, 7) is 3.28. The van der Waals surface area contributed by atoms with Crippen molar-refractivity contribution in [3.05, 3.63) is 41.5 Å². The van der Waals surface area contributed by atoms with E-state index in [0.29, 0.717) is 25.1 Å². The number of para-hydroxylation sites is 1. The van der Waals surface area contributed by atoms with Gasteiger partial charge in [0, 0.05) is 24.4 Å². The molecule has 1 aromatic carbocycles. The van der Waals surface area contributed by atoms with Crippen molar-refractivity contribution >= 4 is 17.6 Å². The molecule has 5 nitrogen and oxygen atoms in total. The number of aryl methyl sites for hydroxylation is 1. The second-order valence-electron chi connectivity index (χ2n) is 5.09. The van der Waals surface area contributed by atoms with E-state index in [1.54, 1.807) is 6.08 Å². The summed E-state index contributed by atoms with van der Waals surface area (Å²) >= 11 is 0. The molecule has 0 spiro atoms. The van der Waals surface area contributed by atoms with Gasteiger partial charge in [0.25, 0.3) is 0 Å². The molecule has 0 unspecified atom stereocenters. The van der Waals surface area contributed by atoms with Crippen LogP contribution in [0.25, 0.3) is 0 Å². The third kappa shape index (κ3) is 4.16. The van der Waals surface area contributed by atoms with Gasteiger partial charge in [-0.25, -0.2) is 4.79 Å². The number of carboxylic acid groups (broad SMARTS) is 1. The molecular weight excluding hydrogens is 268 g/mol. The molecule has 0 radical (unpaired) electrons. The zero-order valence-corrected chi connectivity index (χ0v) is 12.1. The van der Waals surface area contributed by atoms with Crippen LogP contribution in [0.5, 0.6) is 0 Å². The SMILES string of the molecule is CCc1ccccc1NC(=O)CN1CCC=C(C(=O)O)C1. The van der Waals surface area contributed by atoms with Gasteiger partial charge in [-0.2, -0.15) is 0 Å². The van der Waals surface area contributed by atoms with Crippen LogP contribution in [0, 0.1) is 0 Å². The fourth-order valence-corrected chi connectivity index (χ4v) is 2.44. The molecule has 0 fully saturated rings. The second-order valence-corrected chi connectivity index (χ2v) is 5.09. The number of carbonyl (C=O) groups excluding carboxylic acids is 1. The van der Waals surface area contributed by atoms with Gasteiger partial charge in [0.15, 0.2) is 0 Å². The van der Waals surface area contributed by atoms with Crippen LogP contribution in [0.1, 0.15) is 18.9 Å². The molecule has 0 bridgehead atoms. The highest BCUT2D eigenvalue weighted by molar-refractivity contribution is 5.93. The molecule has 112 valence electrons. The quantitative estimate of drug-likeness (QED) is 0.868. The van der Waals surface area contributed by atoms with Gasteiger partial charge < -0.3 is 10.4 Å². The Bertz CT molecular complexity index is 566. The van der Waals surface area contributed by atoms with E-state index in [-0.39, 0.29) is 12.5 Å². The van der Waals surface area contributed by atoms with Crippen LogP contribution < -0.4 is 5.32 Å². The normalized spacial score (nSPS) is 15.4. The summed E-state index contributed by atoms with van der Waals surface area (Å²) in [5, 5.41) is 11.9. The Morgan fingerprint density at radius 1 is 1.33 bits per heavy atom. The third-order valence-corrected chi connectivity index (χ3v) is 3.54. The van der Waals surface area contributed by atoms with E-state index < -0.39 is 5.97 Å². The summed E-state index contributed by atoms with van der Waals surface area (Å²) in [7, 11) is 0. The number of nitrogens with zero attached hydrogens (tertiary/aromatic N) is 1. The number of carboxylic acids is 1. The van der Waals surface area contributed by atoms with Gasteiger partial charge in [-0.3, -0.25) is 9.69 Å². The highest BCUT2D eigenvalue weighted by Gasteiger charge is 2.19. The standard InChI is InChI=1S/C16H20N2O3/c1-2-12-6-3-4-8-14(12)17-15(19)11-18-9-5-7-13(10-18)16(20)21/h3-4,6-8H,2,5,9-11H2,1H3,(H,17,19)(H,20,21). The molecule has 1 aromatic rings. The number of amides is 1. The van der Waals surface area contributed by atoms with Gasteiger partial charge >= 0.3 is 5.97 Å². The Hall–Kier alpha value is -2.14. The first-order valence-electron chi connectivity index (χ1n) is 7.12. The third-order valence-electron chi connectivity index (χ3n) is 3.54. The molecule has 1 amide bonds. The van der Waals surface area contributed by atoms with Gasteiger partial charge in [-0.15, -0.1) is 0 Å². The van der Waals surface area contributed by atoms with E-state index >= 15 is 0 Å². The molecule has 0 saturated heterocycles. The van der Waals surface area contributed by atoms with E-state index in [0.717, 1.165) is 17.7 Å². The fourth-order valence-electron chi connectivity index (χ4n) is 2.44. The summed E-state index contributed by atoms with van der Waals surface area (Å²) in [5.74, 6) is -1.01. The minimum atomic E-state index is -0.906. The monoisotopic (exact) mass is 288 g/mol. The highest BCUT2D eigenvalue weighted by atomic mass is 16.4. The molecule has 0 aromatic heterocycles. The number of hydrogen-bond donors (Lipinski definition) is 2. The van der Waals surface area contributed by atoms with Crippen LogP contribution >= 0.6 is 0 Å². The number of nitrogens with one attached hydrogen (secondary N) is 1. The maximum absolute atomic E-state index is 12.1. The number of benzene rings is 1. The lowest BCUT2D eigenvalue weighted by Gasteiger charge is -2.25. The lowest BCUT2D eigenvalue weighted by atomic mass is 10.1. The topological polar surface area (TPSA) is 69.6 Å². The van der Waals surface area contributed by atoms with Gasteiger partial charge in [0.2, 0.25) is 5.91 Å². The average molecular weight is 288 g/mol. The molecular formula is C16H20N2O3. The van der Waals surface area contributed by atoms with Crippen LogP contribution in [0.3, 0.4) is 0 Å². The Kier molecular flexibility index (Phi) is 5.11. The number of rotatable bonds is 5. The molecule has 0 atom stereocenters. The minimum absolute atomic E-state index is 0.109. The smallest absolute Gasteiger partial charge is 0.332 e. The van der Waals surface area contributed by atoms with Crippen molar-refractivity contribution in [2.45, 2.75) is 19.8 Å². The van der Waals surface area contributed by atoms with E-state index in [1.807, 2.05) is 36.1 Å². The van der Waals surface area contributed by atoms with Crippen molar-refractivity contribution in [2.75, 3.05) is 25.0 Å². The fraction of sp³-hybridized carbons (Fsp3) is 0.375. The number of carbonyl (C=O) groups is 2. The Balaban J connectivity index is 1.93. The van der Waals surface area contributed by atoms with Crippen molar-refractivity contribution in [2.24, 2.45) is 0 Å². The molecule has 2 N–H and O–H groups in total. The zero-order chi connectivity index (χ0) is 15.2. The Morgan fingerprint density at radius 2 is 2.10 bits per heavy atom. The molecule has 1 aliphatic rings. The summed E-state index contributed by atoms with van der Waals surface area (Å²) in [4.78, 5) is 24.9. The summed E-state index contributed by atoms with van der Waals surface area (Å²) in [6.07, 6.45) is 3.25. The predicted octanol–water partition coefficient (Wildman–Crippen LogP) is 1.90. The van der Waals surface area contributed by atoms with Gasteiger partial charge in [0.05, 0.1) is 6.54 Å². The average Bonchev–Trinajstić information content (AvgIpc) is 2.48. The van der Waals surface area contributed by atoms with Crippen molar-refractivity contribution < 1.29 is 14.7 Å². The summed E-state index contributed by atoms with van der Waals surface area (Å²) in [5.41, 5.74) is 2.29. The molecule has 0 aliphatic carbocycles. The molecule has 21 heavy (non-hydrogen) atoms. The maximum Gasteiger partial charge on any atom is 0.332 e. The first-order valence-corrected chi connectivity index (χ1v) is 7.12. The number of hydrogen-bond acceptors (Lipinski definition) is 3. The highest BCUT2D eigenvalue weighted by Crippen LogP contribution is 2.16. The van der Waals surface area contributed by atoms with E-state index in [9.17, 15) is 9.59 Å². The van der Waals surface area contributed by atoms with Crippen LogP contribution in [-0.4, -0.2) is 41.5 Å². The predicted molar refractivity (Wildman–Crippen MR) is 81.2 cm³/mol. The molecule has 0 saturated carbocycles. The van der Waals surface area contributed by atoms with Crippen molar-refractivity contribution in [3.63, 3.8) is 0 Å². The van der Waals surface area contributed by atoms with Gasteiger partial charge in [0.1, 0.15) is 0 Å². The molecule has 1 heterocycles. The lowest BCUT2D eigenvalue weighted by molar-refractivity contribution is -0.133. The van der Waals surface area contributed by atoms with Crippen molar-refractivity contribution in [3.8, 4) is 0 Å². The summed E-state index contributed by atoms with van der Waals surface area (Å²) in [6, 6.07) is 7.71. The largest absolute Gasteiger partial charge is 0.478 e. The van der Waals surface area contributed by atoms with Gasteiger partial charge in [-0.1, -0.05) is 31.2 Å². The van der Waals surface area contributed by atoms with E-state index in [4.69, 9.17) is 5.11 Å². The maximum atomic E-state index is 12.1. The molecule has 1 aliphatic heterocycles. The first-order chi connectivity index (χ1) is 10.1. The van der Waals surface area contributed by atoms with Gasteiger partial charge in [-0.05, 0) is 24.5 Å². The Morgan fingerprint density at radius 3 is 2.81 bits per heavy atom. The number of anilines is 1.